The molecule has 1 aliphatic rings. The van der Waals surface area contributed by atoms with Gasteiger partial charge in [-0.2, -0.15) is 5.10 Å². The predicted molar refractivity (Wildman–Crippen MR) is 126 cm³/mol. The van der Waals surface area contributed by atoms with E-state index in [9.17, 15) is 0 Å². The second kappa shape index (κ2) is 10.3. The summed E-state index contributed by atoms with van der Waals surface area (Å²) in [7, 11) is 3.44. The minimum absolute atomic E-state index is 0.351. The number of guanidine groups is 1. The van der Waals surface area contributed by atoms with Crippen LogP contribution in [-0.4, -0.2) is 58.8 Å². The number of aromatic amines is 1. The lowest BCUT2D eigenvalue weighted by Gasteiger charge is -2.21. The summed E-state index contributed by atoms with van der Waals surface area (Å²) in [4.78, 5) is 11.5. The van der Waals surface area contributed by atoms with Gasteiger partial charge in [-0.05, 0) is 43.2 Å². The van der Waals surface area contributed by atoms with Gasteiger partial charge in [0.1, 0.15) is 11.6 Å². The first-order valence-electron chi connectivity index (χ1n) is 11.0. The van der Waals surface area contributed by atoms with Crippen molar-refractivity contribution in [2.24, 2.45) is 4.99 Å². The Morgan fingerprint density at radius 3 is 2.69 bits per heavy atom. The number of H-pyrrole nitrogens is 1. The Morgan fingerprint density at radius 1 is 1.19 bits per heavy atom. The van der Waals surface area contributed by atoms with Crippen molar-refractivity contribution in [2.45, 2.75) is 38.5 Å². The summed E-state index contributed by atoms with van der Waals surface area (Å²) in [6.07, 6.45) is 1.08. The summed E-state index contributed by atoms with van der Waals surface area (Å²) in [6, 6.07) is 19.2. The maximum atomic E-state index is 5.20. The van der Waals surface area contributed by atoms with E-state index >= 15 is 0 Å². The molecule has 0 amide bonds. The molecule has 2 heterocycles. The minimum atomic E-state index is 0.351. The number of rotatable bonds is 7. The first kappa shape index (κ1) is 21.8. The summed E-state index contributed by atoms with van der Waals surface area (Å²) in [5.41, 5.74) is 2.29. The summed E-state index contributed by atoms with van der Waals surface area (Å²) in [6.45, 7) is 4.76. The van der Waals surface area contributed by atoms with Crippen LogP contribution in [-0.2, 0) is 13.1 Å². The molecule has 1 fully saturated rings. The second-order valence-electron chi connectivity index (χ2n) is 8.10. The highest BCUT2D eigenvalue weighted by Gasteiger charge is 2.29. The van der Waals surface area contributed by atoms with E-state index in [2.05, 4.69) is 73.0 Å². The molecule has 3 N–H and O–H groups in total. The molecule has 1 aromatic heterocycles. The Bertz CT molecular complexity index is 1020. The Balaban J connectivity index is 1.28. The van der Waals surface area contributed by atoms with Crippen LogP contribution < -0.4 is 15.4 Å². The zero-order valence-corrected chi connectivity index (χ0v) is 18.9. The highest BCUT2D eigenvalue weighted by Crippen LogP contribution is 2.21. The van der Waals surface area contributed by atoms with Gasteiger partial charge >= 0.3 is 0 Å². The molecule has 0 bridgehead atoms. The number of benzene rings is 2. The van der Waals surface area contributed by atoms with Crippen LogP contribution in [0.5, 0.6) is 5.75 Å². The Hall–Kier alpha value is -3.39. The molecule has 0 spiro atoms. The predicted octanol–water partition coefficient (Wildman–Crippen LogP) is 2.81. The Labute approximate surface area is 189 Å². The number of nitrogens with one attached hydrogen (secondary N) is 3. The number of aromatic nitrogens is 3. The lowest BCUT2D eigenvalue weighted by Crippen LogP contribution is -2.44. The Morgan fingerprint density at radius 2 is 1.97 bits per heavy atom. The SMILES string of the molecule is CN=C(NCc1nc(-c2ccc(OC)cc2)n[nH]1)NC1CC(C)N(Cc2ccccc2)C1. The van der Waals surface area contributed by atoms with Gasteiger partial charge in [0.15, 0.2) is 11.8 Å². The fourth-order valence-corrected chi connectivity index (χ4v) is 4.04. The molecule has 32 heavy (non-hydrogen) atoms. The van der Waals surface area contributed by atoms with E-state index in [1.54, 1.807) is 14.2 Å². The van der Waals surface area contributed by atoms with Gasteiger partial charge in [-0.3, -0.25) is 15.0 Å². The number of likely N-dealkylation sites (tertiary alicyclic amines) is 1. The summed E-state index contributed by atoms with van der Waals surface area (Å²) >= 11 is 0. The van der Waals surface area contributed by atoms with E-state index in [1.807, 2.05) is 24.3 Å². The van der Waals surface area contributed by atoms with E-state index in [-0.39, 0.29) is 0 Å². The first-order valence-corrected chi connectivity index (χ1v) is 11.0. The van der Waals surface area contributed by atoms with Gasteiger partial charge in [0.2, 0.25) is 0 Å². The molecule has 2 aromatic carbocycles. The van der Waals surface area contributed by atoms with Crippen molar-refractivity contribution in [3.63, 3.8) is 0 Å². The molecular formula is C24H31N7O. The van der Waals surface area contributed by atoms with Crippen molar-refractivity contribution in [3.05, 3.63) is 66.0 Å². The van der Waals surface area contributed by atoms with Crippen molar-refractivity contribution in [3.8, 4) is 17.1 Å². The fraction of sp³-hybridized carbons (Fsp3) is 0.375. The molecule has 1 saturated heterocycles. The molecule has 168 valence electrons. The van der Waals surface area contributed by atoms with Crippen LogP contribution in [0.2, 0.25) is 0 Å². The number of methoxy groups -OCH3 is 1. The van der Waals surface area contributed by atoms with Crippen LogP contribution in [0.3, 0.4) is 0 Å². The number of aliphatic imine (C=N–C) groups is 1. The topological polar surface area (TPSA) is 90.5 Å². The van der Waals surface area contributed by atoms with Crippen LogP contribution in [0.25, 0.3) is 11.4 Å². The number of hydrogen-bond donors (Lipinski definition) is 3. The summed E-state index contributed by atoms with van der Waals surface area (Å²) < 4.78 is 5.20. The Kier molecular flexibility index (Phi) is 7.01. The van der Waals surface area contributed by atoms with E-state index in [0.717, 1.165) is 42.6 Å². The normalized spacial score (nSPS) is 19.2. The van der Waals surface area contributed by atoms with E-state index < -0.39 is 0 Å². The van der Waals surface area contributed by atoms with Crippen molar-refractivity contribution < 1.29 is 4.74 Å². The molecule has 0 saturated carbocycles. The zero-order chi connectivity index (χ0) is 22.3. The van der Waals surface area contributed by atoms with Gasteiger partial charge in [-0.1, -0.05) is 30.3 Å². The molecule has 2 atom stereocenters. The number of nitrogens with zero attached hydrogens (tertiary/aromatic N) is 4. The molecule has 8 heteroatoms. The lowest BCUT2D eigenvalue weighted by molar-refractivity contribution is 0.258. The molecule has 0 aliphatic carbocycles. The molecule has 4 rings (SSSR count). The molecule has 3 aromatic rings. The molecule has 0 radical (unpaired) electrons. The average molecular weight is 434 g/mol. The standard InChI is InChI=1S/C24H31N7O/c1-17-13-20(16-31(17)15-18-7-5-4-6-8-18)27-24(25-2)26-14-22-28-23(30-29-22)19-9-11-21(32-3)12-10-19/h4-12,17,20H,13-16H2,1-3H3,(H2,25,26,27)(H,28,29,30). The quantitative estimate of drug-likeness (QED) is 0.392. The third-order valence-electron chi connectivity index (χ3n) is 5.80. The van der Waals surface area contributed by atoms with Crippen molar-refractivity contribution in [1.82, 2.24) is 30.7 Å². The molecular weight excluding hydrogens is 402 g/mol. The van der Waals surface area contributed by atoms with E-state index in [1.165, 1.54) is 5.56 Å². The maximum Gasteiger partial charge on any atom is 0.191 e. The van der Waals surface area contributed by atoms with Crippen molar-refractivity contribution in [1.29, 1.82) is 0 Å². The average Bonchev–Trinajstić information content (AvgIpc) is 3.44. The van der Waals surface area contributed by atoms with Gasteiger partial charge in [-0.15, -0.1) is 0 Å². The maximum absolute atomic E-state index is 5.20. The summed E-state index contributed by atoms with van der Waals surface area (Å²) in [5, 5.41) is 14.2. The smallest absolute Gasteiger partial charge is 0.191 e. The number of ether oxygens (including phenoxy) is 1. The monoisotopic (exact) mass is 433 g/mol. The summed E-state index contributed by atoms with van der Waals surface area (Å²) in [5.74, 6) is 2.99. The largest absolute Gasteiger partial charge is 0.497 e. The third-order valence-corrected chi connectivity index (χ3v) is 5.80. The van der Waals surface area contributed by atoms with Gasteiger partial charge in [0, 0.05) is 37.8 Å². The van der Waals surface area contributed by atoms with Crippen molar-refractivity contribution >= 4 is 5.96 Å². The van der Waals surface area contributed by atoms with E-state index in [4.69, 9.17) is 4.74 Å². The van der Waals surface area contributed by atoms with Gasteiger partial charge in [0.05, 0.1) is 13.7 Å². The molecule has 8 nitrogen and oxygen atoms in total. The van der Waals surface area contributed by atoms with Crippen molar-refractivity contribution in [2.75, 3.05) is 20.7 Å². The lowest BCUT2D eigenvalue weighted by atomic mass is 10.2. The highest BCUT2D eigenvalue weighted by atomic mass is 16.5. The van der Waals surface area contributed by atoms with Gasteiger partial charge < -0.3 is 15.4 Å². The van der Waals surface area contributed by atoms with Crippen LogP contribution in [0.15, 0.2) is 59.6 Å². The van der Waals surface area contributed by atoms with Gasteiger partial charge in [-0.25, -0.2) is 4.98 Å². The van der Waals surface area contributed by atoms with Crippen LogP contribution in [0.4, 0.5) is 0 Å². The first-order chi connectivity index (χ1) is 15.6. The van der Waals surface area contributed by atoms with Crippen LogP contribution in [0.1, 0.15) is 24.7 Å². The number of hydrogen-bond acceptors (Lipinski definition) is 5. The second-order valence-corrected chi connectivity index (χ2v) is 8.10. The zero-order valence-electron chi connectivity index (χ0n) is 18.9. The van der Waals surface area contributed by atoms with Gasteiger partial charge in [0.25, 0.3) is 0 Å². The molecule has 1 aliphatic heterocycles. The minimum Gasteiger partial charge on any atom is -0.497 e. The highest BCUT2D eigenvalue weighted by molar-refractivity contribution is 5.80. The van der Waals surface area contributed by atoms with E-state index in [0.29, 0.717) is 24.5 Å². The fourth-order valence-electron chi connectivity index (χ4n) is 4.04. The third kappa shape index (κ3) is 5.45. The van der Waals surface area contributed by atoms with Crippen LogP contribution in [0, 0.1) is 0 Å². The van der Waals surface area contributed by atoms with Crippen LogP contribution >= 0.6 is 0 Å². The molecule has 2 unspecified atom stereocenters.